The van der Waals surface area contributed by atoms with Crippen LogP contribution in [0.25, 0.3) is 33.8 Å². The third-order valence-corrected chi connectivity index (χ3v) is 15.8. The van der Waals surface area contributed by atoms with Gasteiger partial charge in [-0.2, -0.15) is 36.5 Å². The first-order valence-electron chi connectivity index (χ1n) is 27.4. The third-order valence-electron chi connectivity index (χ3n) is 15.8. The van der Waals surface area contributed by atoms with Crippen LogP contribution in [-0.2, 0) is 12.4 Å². The van der Waals surface area contributed by atoms with E-state index in [4.69, 9.17) is 18.9 Å². The fourth-order valence-corrected chi connectivity index (χ4v) is 11.5. The largest absolute Gasteiger partial charge is 0.497 e. The molecule has 28 heteroatoms. The molecule has 2 fully saturated rings. The maximum atomic E-state index is 14.4. The lowest BCUT2D eigenvalue weighted by Gasteiger charge is -2.43. The fraction of sp³-hybridized carbons (Fsp3) is 0.367. The lowest BCUT2D eigenvalue weighted by atomic mass is 10.0. The Morgan fingerprint density at radius 2 is 0.909 bits per heavy atom. The second kappa shape index (κ2) is 25.6. The first kappa shape index (κ1) is 63.9. The lowest BCUT2D eigenvalue weighted by Crippen LogP contribution is -2.55. The molecule has 2 amide bonds. The number of methoxy groups -OCH3 is 4. The standard InChI is InChI=1S/2C30H30F5N5O4/c2*1-16-14-38(24(15-41)21-11-19(31)12-23(32)26(21)44-4)9-10-39(16)29(42)22-13-36-40-27(30(33,34)35)17(2)25(37-28(22)40)18-5-7-20(43-3)8-6-18/h2*5-8,11-13,16,24,41H,9-10,14-15H2,1-4H3/t16-,24+;16-,24-/m11/s1. The monoisotopic (exact) mass is 1240 g/mol. The molecule has 0 aliphatic carbocycles. The summed E-state index contributed by atoms with van der Waals surface area (Å²) in [6.07, 6.45) is -7.44. The van der Waals surface area contributed by atoms with E-state index in [0.29, 0.717) is 43.8 Å². The number of carbonyl (C=O) groups excluding carboxylic acids is 2. The van der Waals surface area contributed by atoms with Crippen LogP contribution in [0, 0.1) is 37.1 Å². The van der Waals surface area contributed by atoms with E-state index in [9.17, 15) is 63.7 Å². The molecule has 10 rings (SSSR count). The van der Waals surface area contributed by atoms with Gasteiger partial charge in [-0.25, -0.2) is 36.6 Å². The Kier molecular flexibility index (Phi) is 18.6. The molecule has 468 valence electrons. The fourth-order valence-electron chi connectivity index (χ4n) is 11.5. The van der Waals surface area contributed by atoms with Gasteiger partial charge in [-0.05, 0) is 88.4 Å². The molecule has 4 atom stereocenters. The summed E-state index contributed by atoms with van der Waals surface area (Å²) in [5.41, 5.74) is -2.01. The van der Waals surface area contributed by atoms with Gasteiger partial charge in [0, 0.05) is 96.9 Å². The van der Waals surface area contributed by atoms with E-state index in [1.54, 1.807) is 72.2 Å². The highest BCUT2D eigenvalue weighted by atomic mass is 19.4. The summed E-state index contributed by atoms with van der Waals surface area (Å²) in [5.74, 6) is -4.00. The number of ether oxygens (including phenoxy) is 4. The molecule has 0 saturated carbocycles. The van der Waals surface area contributed by atoms with Crippen LogP contribution in [0.1, 0.15) is 80.3 Å². The van der Waals surface area contributed by atoms with Crippen LogP contribution < -0.4 is 18.9 Å². The maximum absolute atomic E-state index is 14.4. The van der Waals surface area contributed by atoms with Crippen molar-refractivity contribution in [2.75, 3.05) is 80.9 Å². The first-order valence-corrected chi connectivity index (χ1v) is 27.4. The summed E-state index contributed by atoms with van der Waals surface area (Å²) in [6.45, 7) is 6.09. The van der Waals surface area contributed by atoms with E-state index in [2.05, 4.69) is 20.2 Å². The van der Waals surface area contributed by atoms with E-state index in [1.165, 1.54) is 52.1 Å². The lowest BCUT2D eigenvalue weighted by molar-refractivity contribution is -0.144. The van der Waals surface area contributed by atoms with E-state index in [1.807, 2.05) is 0 Å². The van der Waals surface area contributed by atoms with Crippen LogP contribution in [-0.4, -0.2) is 164 Å². The number of aliphatic hydroxyl groups is 2. The summed E-state index contributed by atoms with van der Waals surface area (Å²) >= 11 is 0. The second-order valence-electron chi connectivity index (χ2n) is 21.0. The summed E-state index contributed by atoms with van der Waals surface area (Å²) in [6, 6.07) is 13.6. The minimum atomic E-state index is -4.80. The molecule has 18 nitrogen and oxygen atoms in total. The van der Waals surface area contributed by atoms with Crippen molar-refractivity contribution >= 4 is 23.1 Å². The first-order chi connectivity index (χ1) is 41.8. The van der Waals surface area contributed by atoms with E-state index >= 15 is 0 Å². The number of alkyl halides is 6. The van der Waals surface area contributed by atoms with Crippen molar-refractivity contribution in [1.82, 2.24) is 48.8 Å². The van der Waals surface area contributed by atoms with Crippen LogP contribution in [0.15, 0.2) is 85.2 Å². The Labute approximate surface area is 497 Å². The van der Waals surface area contributed by atoms with Crippen molar-refractivity contribution in [3.8, 4) is 45.5 Å². The molecule has 0 radical (unpaired) electrons. The van der Waals surface area contributed by atoms with Gasteiger partial charge in [-0.3, -0.25) is 19.4 Å². The SMILES string of the molecule is COc1ccc(-c2nc3c(C(=O)N4CCN([C@@H](CO)c5cc(F)cc(F)c5OC)C[C@H]4C)cnn3c(C(F)(F)F)c2C)cc1.COc1ccc(-c2nc3c(C(=O)N4CCN([C@H](CO)c5cc(F)cc(F)c5OC)C[C@H]4C)cnn3c(C(F)(F)F)c2C)cc1. The molecule has 4 aromatic carbocycles. The van der Waals surface area contributed by atoms with Crippen LogP contribution in [0.3, 0.4) is 0 Å². The summed E-state index contributed by atoms with van der Waals surface area (Å²) in [4.78, 5) is 43.1. The minimum absolute atomic E-state index is 0.0435. The van der Waals surface area contributed by atoms with Gasteiger partial charge in [0.05, 0.1) is 77.5 Å². The number of halogens is 10. The number of piperazine rings is 2. The Balaban J connectivity index is 0.000000209. The van der Waals surface area contributed by atoms with Crippen molar-refractivity contribution in [2.45, 2.75) is 64.2 Å². The molecule has 2 aliphatic rings. The molecule has 2 saturated heterocycles. The third kappa shape index (κ3) is 12.3. The number of aromatic nitrogens is 6. The topological polar surface area (TPSA) is 185 Å². The van der Waals surface area contributed by atoms with Crippen LogP contribution in [0.2, 0.25) is 0 Å². The molecule has 2 aliphatic heterocycles. The number of nitrogens with zero attached hydrogens (tertiary/aromatic N) is 10. The number of hydrogen-bond acceptors (Lipinski definition) is 14. The minimum Gasteiger partial charge on any atom is -0.497 e. The number of hydrogen-bond donors (Lipinski definition) is 2. The molecule has 0 spiro atoms. The number of fused-ring (bicyclic) bond motifs is 2. The van der Waals surface area contributed by atoms with Gasteiger partial charge in [0.15, 0.2) is 45.8 Å². The highest BCUT2D eigenvalue weighted by Crippen LogP contribution is 2.41. The van der Waals surface area contributed by atoms with Crippen LogP contribution in [0.5, 0.6) is 23.0 Å². The molecule has 4 aromatic heterocycles. The van der Waals surface area contributed by atoms with E-state index < -0.39 is 96.2 Å². The zero-order chi connectivity index (χ0) is 63.8. The van der Waals surface area contributed by atoms with Gasteiger partial charge in [-0.15, -0.1) is 0 Å². The zero-order valence-electron chi connectivity index (χ0n) is 48.6. The molecule has 6 heterocycles. The van der Waals surface area contributed by atoms with E-state index in [0.717, 1.165) is 24.5 Å². The number of benzene rings is 4. The number of amides is 2. The zero-order valence-corrected chi connectivity index (χ0v) is 48.6. The Bertz CT molecular complexity index is 3630. The van der Waals surface area contributed by atoms with Gasteiger partial charge < -0.3 is 39.0 Å². The predicted octanol–water partition coefficient (Wildman–Crippen LogP) is 9.80. The van der Waals surface area contributed by atoms with Gasteiger partial charge in [0.2, 0.25) is 0 Å². The smallest absolute Gasteiger partial charge is 0.433 e. The Morgan fingerprint density at radius 3 is 1.20 bits per heavy atom. The van der Waals surface area contributed by atoms with Crippen molar-refractivity contribution < 1.29 is 82.7 Å². The van der Waals surface area contributed by atoms with Crippen molar-refractivity contribution in [3.63, 3.8) is 0 Å². The number of carbonyl (C=O) groups is 2. The number of rotatable bonds is 14. The highest BCUT2D eigenvalue weighted by molar-refractivity contribution is 6.01. The van der Waals surface area contributed by atoms with Crippen molar-refractivity contribution in [2.24, 2.45) is 0 Å². The Morgan fingerprint density at radius 1 is 0.557 bits per heavy atom. The van der Waals surface area contributed by atoms with Gasteiger partial charge in [-0.1, -0.05) is 0 Å². The van der Waals surface area contributed by atoms with E-state index in [-0.39, 0.29) is 107 Å². The second-order valence-corrected chi connectivity index (χ2v) is 21.0. The quantitative estimate of drug-likeness (QED) is 0.0981. The highest BCUT2D eigenvalue weighted by Gasteiger charge is 2.42. The summed E-state index contributed by atoms with van der Waals surface area (Å²) in [5, 5.41) is 28.2. The van der Waals surface area contributed by atoms with Crippen molar-refractivity contribution in [1.29, 1.82) is 0 Å². The normalized spacial score (nSPS) is 16.8. The molecule has 8 aromatic rings. The summed E-state index contributed by atoms with van der Waals surface area (Å²) < 4.78 is 165. The average molecular weight is 1240 g/mol. The van der Waals surface area contributed by atoms with Crippen LogP contribution in [0.4, 0.5) is 43.9 Å². The Hall–Kier alpha value is -8.60. The van der Waals surface area contributed by atoms with Crippen molar-refractivity contribution in [3.05, 3.63) is 153 Å². The van der Waals surface area contributed by atoms with Crippen LogP contribution >= 0.6 is 0 Å². The molecule has 0 bridgehead atoms. The molecular weight excluding hydrogens is 1180 g/mol. The number of aliphatic hydroxyl groups excluding tert-OH is 2. The molecular formula is C60H60F10N10O8. The maximum Gasteiger partial charge on any atom is 0.433 e. The summed E-state index contributed by atoms with van der Waals surface area (Å²) in [7, 11) is 5.42. The van der Waals surface area contributed by atoms with Gasteiger partial charge in [0.25, 0.3) is 11.8 Å². The van der Waals surface area contributed by atoms with Gasteiger partial charge in [0.1, 0.15) is 34.3 Å². The molecule has 0 unspecified atom stereocenters. The molecule has 2 N–H and O–H groups in total. The molecule has 88 heavy (non-hydrogen) atoms. The predicted molar refractivity (Wildman–Crippen MR) is 299 cm³/mol. The average Bonchev–Trinajstić information content (AvgIpc) is 1.54. The van der Waals surface area contributed by atoms with Gasteiger partial charge >= 0.3 is 12.4 Å².